The maximum atomic E-state index is 13.9. The van der Waals surface area contributed by atoms with Crippen molar-refractivity contribution in [2.45, 2.75) is 31.0 Å². The number of carbonyl (C=O) groups is 1. The van der Waals surface area contributed by atoms with E-state index in [2.05, 4.69) is 20.6 Å². The van der Waals surface area contributed by atoms with Crippen molar-refractivity contribution in [2.75, 3.05) is 11.9 Å². The third-order valence-corrected chi connectivity index (χ3v) is 5.99. The first kappa shape index (κ1) is 23.3. The van der Waals surface area contributed by atoms with E-state index in [0.717, 1.165) is 12.1 Å². The van der Waals surface area contributed by atoms with Gasteiger partial charge in [0.25, 0.3) is 12.3 Å². The van der Waals surface area contributed by atoms with Gasteiger partial charge >= 0.3 is 5.38 Å². The molecule has 12 heteroatoms. The molecule has 35 heavy (non-hydrogen) atoms. The summed E-state index contributed by atoms with van der Waals surface area (Å²) in [6.45, 7) is 1.87. The molecule has 1 unspecified atom stereocenters. The van der Waals surface area contributed by atoms with Gasteiger partial charge in [-0.2, -0.15) is 8.78 Å². The Hall–Kier alpha value is -3.44. The zero-order valence-electron chi connectivity index (χ0n) is 18.1. The molecule has 2 atom stereocenters. The van der Waals surface area contributed by atoms with Gasteiger partial charge in [0.1, 0.15) is 0 Å². The second kappa shape index (κ2) is 8.65. The lowest BCUT2D eigenvalue weighted by Crippen LogP contribution is -2.28. The molecule has 0 aliphatic carbocycles. The molecule has 2 N–H and O–H groups in total. The summed E-state index contributed by atoms with van der Waals surface area (Å²) in [5.41, 5.74) is 1.63. The van der Waals surface area contributed by atoms with Crippen molar-refractivity contribution in [1.29, 1.82) is 0 Å². The van der Waals surface area contributed by atoms with E-state index in [-0.39, 0.29) is 23.4 Å². The monoisotopic (exact) mass is 507 g/mol. The van der Waals surface area contributed by atoms with Crippen molar-refractivity contribution >= 4 is 46.1 Å². The number of nitrogens with one attached hydrogen (secondary N) is 2. The molecule has 0 radical (unpaired) electrons. The first-order valence-electron chi connectivity index (χ1n) is 10.6. The van der Waals surface area contributed by atoms with Crippen LogP contribution < -0.4 is 10.6 Å². The van der Waals surface area contributed by atoms with E-state index in [1.165, 1.54) is 29.1 Å². The van der Waals surface area contributed by atoms with Crippen LogP contribution in [0, 0.1) is 0 Å². The summed E-state index contributed by atoms with van der Waals surface area (Å²) < 4.78 is 61.6. The molecule has 2 aliphatic heterocycles. The molecule has 5 rings (SSSR count). The number of imidazole rings is 1. The van der Waals surface area contributed by atoms with Gasteiger partial charge in [0.05, 0.1) is 30.0 Å². The summed E-state index contributed by atoms with van der Waals surface area (Å²) in [5, 5.41) is 1.95. The largest absolute Gasteiger partial charge is 0.352 e. The number of hydrogen-bond acceptors (Lipinski definition) is 5. The Bertz CT molecular complexity index is 1360. The second-order valence-electron chi connectivity index (χ2n) is 8.14. The minimum Gasteiger partial charge on any atom is -0.352 e. The van der Waals surface area contributed by atoms with Gasteiger partial charge in [0.2, 0.25) is 0 Å². The van der Waals surface area contributed by atoms with E-state index in [4.69, 9.17) is 16.3 Å². The molecule has 2 aliphatic rings. The number of carbonyl (C=O) groups excluding carboxylic acids is 1. The Kier molecular flexibility index (Phi) is 5.76. The van der Waals surface area contributed by atoms with Crippen LogP contribution in [-0.4, -0.2) is 34.6 Å². The van der Waals surface area contributed by atoms with Crippen LogP contribution in [0.5, 0.6) is 0 Å². The molecule has 1 aromatic heterocycles. The number of aliphatic imine (C=N–C) groups is 1. The van der Waals surface area contributed by atoms with Crippen molar-refractivity contribution < 1.29 is 27.1 Å². The summed E-state index contributed by atoms with van der Waals surface area (Å²) in [7, 11) is 0. The highest BCUT2D eigenvalue weighted by atomic mass is 35.5. The third kappa shape index (κ3) is 4.25. The maximum absolute atomic E-state index is 13.9. The predicted molar refractivity (Wildman–Crippen MR) is 123 cm³/mol. The van der Waals surface area contributed by atoms with E-state index < -0.39 is 41.4 Å². The second-order valence-corrected chi connectivity index (χ2v) is 8.62. The minimum absolute atomic E-state index is 0.129. The predicted octanol–water partition coefficient (Wildman–Crippen LogP) is 5.40. The molecule has 0 fully saturated rings. The fraction of sp³-hybridized carbons (Fsp3) is 0.261. The zero-order chi connectivity index (χ0) is 24.9. The van der Waals surface area contributed by atoms with Crippen molar-refractivity contribution in [3.05, 3.63) is 65.1 Å². The van der Waals surface area contributed by atoms with E-state index >= 15 is 0 Å². The number of nitrogens with zero attached hydrogens (tertiary/aromatic N) is 3. The molecule has 2 aromatic carbocycles. The number of hydrogen-bond donors (Lipinski definition) is 2. The number of halogens is 5. The summed E-state index contributed by atoms with van der Waals surface area (Å²) >= 11 is 5.02. The number of fused-ring (bicyclic) bond motifs is 2. The molecule has 0 saturated heterocycles. The molecule has 3 heterocycles. The van der Waals surface area contributed by atoms with E-state index in [1.807, 2.05) is 0 Å². The van der Waals surface area contributed by atoms with Crippen molar-refractivity contribution in [2.24, 2.45) is 4.99 Å². The average molecular weight is 508 g/mol. The first-order chi connectivity index (χ1) is 16.6. The van der Waals surface area contributed by atoms with Crippen LogP contribution in [0.4, 0.5) is 23.2 Å². The van der Waals surface area contributed by atoms with Gasteiger partial charge in [-0.1, -0.05) is 0 Å². The van der Waals surface area contributed by atoms with Gasteiger partial charge in [-0.15, -0.1) is 0 Å². The Labute approximate surface area is 201 Å². The van der Waals surface area contributed by atoms with Gasteiger partial charge in [-0.25, -0.2) is 18.8 Å². The molecule has 182 valence electrons. The van der Waals surface area contributed by atoms with E-state index in [0.29, 0.717) is 16.7 Å². The Morgan fingerprint density at radius 2 is 2.03 bits per heavy atom. The van der Waals surface area contributed by atoms with E-state index in [1.54, 1.807) is 19.2 Å². The van der Waals surface area contributed by atoms with Crippen LogP contribution >= 0.6 is 11.6 Å². The van der Waals surface area contributed by atoms with Crippen molar-refractivity contribution in [1.82, 2.24) is 14.9 Å². The number of amides is 1. The van der Waals surface area contributed by atoms with Gasteiger partial charge in [-0.05, 0) is 54.9 Å². The van der Waals surface area contributed by atoms with Crippen molar-refractivity contribution in [3.8, 4) is 0 Å². The standard InChI is InChI=1S/C23H18ClF4N5O2/c1-11-9-35-22-16(8-29-10-30-22)15-6-12(7-17-18(15)33(11)20(32-17)19(25)26)21(34)31-14-4-2-13(3-5-14)23(24,27)28/h2-8,10-11,19,22H,9H2,1H3,(H,29,30)(H,31,34)/t11-,22?/m1/s1. The molecule has 1 amide bonds. The van der Waals surface area contributed by atoms with Gasteiger partial charge in [-0.3, -0.25) is 4.79 Å². The van der Waals surface area contributed by atoms with Gasteiger partial charge in [0.15, 0.2) is 12.1 Å². The molecule has 7 nitrogen and oxygen atoms in total. The fourth-order valence-electron chi connectivity index (χ4n) is 4.18. The Morgan fingerprint density at radius 3 is 2.71 bits per heavy atom. The van der Waals surface area contributed by atoms with Crippen LogP contribution in [0.2, 0.25) is 0 Å². The third-order valence-electron chi connectivity index (χ3n) is 5.78. The number of rotatable bonds is 4. The maximum Gasteiger partial charge on any atom is 0.348 e. The van der Waals surface area contributed by atoms with Crippen LogP contribution in [0.3, 0.4) is 0 Å². The highest BCUT2D eigenvalue weighted by Gasteiger charge is 2.32. The Morgan fingerprint density at radius 1 is 1.29 bits per heavy atom. The van der Waals surface area contributed by atoms with Crippen LogP contribution in [0.25, 0.3) is 16.6 Å². The number of aromatic nitrogens is 2. The van der Waals surface area contributed by atoms with Gasteiger partial charge in [0, 0.05) is 34.2 Å². The number of benzene rings is 2. The summed E-state index contributed by atoms with van der Waals surface area (Å²) in [5.74, 6) is -1.01. The lowest BCUT2D eigenvalue weighted by Gasteiger charge is -2.28. The zero-order valence-corrected chi connectivity index (χ0v) is 18.9. The summed E-state index contributed by atoms with van der Waals surface area (Å²) in [6.07, 6.45) is -0.442. The molecule has 3 aromatic rings. The van der Waals surface area contributed by atoms with Gasteiger partial charge < -0.3 is 19.9 Å². The number of anilines is 1. The normalized spacial score (nSPS) is 19.6. The molecular formula is C23H18ClF4N5O2. The number of ether oxygens (including phenoxy) is 1. The lowest BCUT2D eigenvalue weighted by atomic mass is 9.98. The minimum atomic E-state index is -3.53. The highest BCUT2D eigenvalue weighted by molar-refractivity contribution is 6.21. The summed E-state index contributed by atoms with van der Waals surface area (Å²) in [6, 6.07) is 7.28. The molecule has 0 saturated carbocycles. The summed E-state index contributed by atoms with van der Waals surface area (Å²) in [4.78, 5) is 21.5. The molecular weight excluding hydrogens is 490 g/mol. The fourth-order valence-corrected chi connectivity index (χ4v) is 4.31. The average Bonchev–Trinajstić information content (AvgIpc) is 3.21. The molecule has 0 spiro atoms. The quantitative estimate of drug-likeness (QED) is 0.366. The van der Waals surface area contributed by atoms with Crippen molar-refractivity contribution in [3.63, 3.8) is 0 Å². The van der Waals surface area contributed by atoms with Crippen LogP contribution in [-0.2, 0) is 10.1 Å². The topological polar surface area (TPSA) is 80.5 Å². The number of alkyl halides is 5. The van der Waals surface area contributed by atoms with Crippen LogP contribution in [0.1, 0.15) is 46.7 Å². The Balaban J connectivity index is 1.60. The SMILES string of the molecule is C[C@@H]1COC2N=CNC=C2c2cc(C(=O)Nc3ccc(C(F)(F)Cl)cc3)cc3nc(C(F)F)n1c23. The smallest absolute Gasteiger partial charge is 0.348 e. The lowest BCUT2D eigenvalue weighted by molar-refractivity contribution is 0.0675. The first-order valence-corrected chi connectivity index (χ1v) is 10.9. The highest BCUT2D eigenvalue weighted by Crippen LogP contribution is 2.38. The van der Waals surface area contributed by atoms with Crippen LogP contribution in [0.15, 0.2) is 47.6 Å². The molecule has 0 bridgehead atoms. The van der Waals surface area contributed by atoms with E-state index in [9.17, 15) is 22.4 Å².